The summed E-state index contributed by atoms with van der Waals surface area (Å²) in [6, 6.07) is 10.2. The summed E-state index contributed by atoms with van der Waals surface area (Å²) in [6.45, 7) is 1.63. The van der Waals surface area contributed by atoms with Crippen molar-refractivity contribution in [1.29, 1.82) is 0 Å². The van der Waals surface area contributed by atoms with E-state index in [0.717, 1.165) is 18.7 Å². The van der Waals surface area contributed by atoms with Crippen LogP contribution in [-0.4, -0.2) is 53.6 Å². The number of esters is 1. The van der Waals surface area contributed by atoms with Crippen LogP contribution in [0.25, 0.3) is 0 Å². The van der Waals surface area contributed by atoms with Crippen molar-refractivity contribution in [3.8, 4) is 11.5 Å². The fourth-order valence-electron chi connectivity index (χ4n) is 3.85. The molecule has 0 aliphatic carbocycles. The minimum Gasteiger partial charge on any atom is -0.507 e. The van der Waals surface area contributed by atoms with Gasteiger partial charge in [-0.15, -0.1) is 0 Å². The number of carbonyl (C=O) groups is 2. The molecule has 0 aromatic heterocycles. The van der Waals surface area contributed by atoms with Gasteiger partial charge < -0.3 is 29.7 Å². The van der Waals surface area contributed by atoms with E-state index in [-0.39, 0.29) is 18.6 Å². The molecule has 34 heavy (non-hydrogen) atoms. The van der Waals surface area contributed by atoms with Crippen LogP contribution in [0.3, 0.4) is 0 Å². The van der Waals surface area contributed by atoms with Crippen molar-refractivity contribution < 1.29 is 47.2 Å². The Kier molecular flexibility index (Phi) is 7.68. The normalized spacial score (nSPS) is 22.7. The lowest BCUT2D eigenvalue weighted by Crippen LogP contribution is -2.56. The van der Waals surface area contributed by atoms with Gasteiger partial charge in [0.05, 0.1) is 32.0 Å². The Bertz CT molecular complexity index is 1030. The number of hydrogen-bond acceptors (Lipinski definition) is 7. The third kappa shape index (κ3) is 5.60. The molecule has 1 aliphatic heterocycles. The van der Waals surface area contributed by atoms with Gasteiger partial charge in [-0.3, -0.25) is 4.79 Å². The number of methoxy groups -OCH3 is 1. The maximum Gasteiger partial charge on any atom is 0.471 e. The maximum atomic E-state index is 13.0. The minimum absolute atomic E-state index is 0.0396. The van der Waals surface area contributed by atoms with Crippen LogP contribution < -0.4 is 5.32 Å². The van der Waals surface area contributed by atoms with Gasteiger partial charge in [0.15, 0.2) is 0 Å². The number of halogens is 3. The second kappa shape index (κ2) is 10.3. The van der Waals surface area contributed by atoms with Crippen molar-refractivity contribution in [3.63, 3.8) is 0 Å². The number of amides is 1. The average Bonchev–Trinajstić information content (AvgIpc) is 2.78. The van der Waals surface area contributed by atoms with Crippen molar-refractivity contribution in [3.05, 3.63) is 59.2 Å². The second-order valence-corrected chi connectivity index (χ2v) is 7.79. The molecule has 1 saturated heterocycles. The zero-order valence-electron chi connectivity index (χ0n) is 18.3. The Balaban J connectivity index is 1.89. The minimum atomic E-state index is -5.11. The fourth-order valence-corrected chi connectivity index (χ4v) is 3.85. The van der Waals surface area contributed by atoms with Crippen LogP contribution in [0.2, 0.25) is 0 Å². The number of hydrogen-bond donors (Lipinski definition) is 3. The summed E-state index contributed by atoms with van der Waals surface area (Å²) < 4.78 is 55.3. The van der Waals surface area contributed by atoms with Gasteiger partial charge in [0.2, 0.25) is 0 Å². The van der Waals surface area contributed by atoms with E-state index >= 15 is 0 Å². The molecule has 1 fully saturated rings. The molecule has 11 heteroatoms. The molecule has 0 spiro atoms. The summed E-state index contributed by atoms with van der Waals surface area (Å²) in [4.78, 5) is 23.7. The second-order valence-electron chi connectivity index (χ2n) is 7.79. The number of alkyl halides is 3. The van der Waals surface area contributed by atoms with Gasteiger partial charge in [-0.25, -0.2) is 4.79 Å². The van der Waals surface area contributed by atoms with Gasteiger partial charge in [-0.05, 0) is 24.6 Å². The number of ether oxygens (including phenoxy) is 3. The Morgan fingerprint density at radius 3 is 2.44 bits per heavy atom. The molecule has 1 unspecified atom stereocenters. The summed E-state index contributed by atoms with van der Waals surface area (Å²) in [6.07, 6.45) is -8.09. The highest BCUT2D eigenvalue weighted by molar-refractivity contribution is 5.95. The van der Waals surface area contributed by atoms with Gasteiger partial charge in [0.25, 0.3) is 0 Å². The molecular weight excluding hydrogens is 459 g/mol. The third-order valence-corrected chi connectivity index (χ3v) is 5.49. The predicted octanol–water partition coefficient (Wildman–Crippen LogP) is 3.37. The number of rotatable bonds is 6. The molecule has 0 bridgehead atoms. The van der Waals surface area contributed by atoms with Crippen molar-refractivity contribution in [1.82, 2.24) is 5.32 Å². The van der Waals surface area contributed by atoms with Crippen LogP contribution in [0.15, 0.2) is 42.5 Å². The largest absolute Gasteiger partial charge is 0.507 e. The Labute approximate surface area is 193 Å². The van der Waals surface area contributed by atoms with Crippen LogP contribution in [0.4, 0.5) is 13.2 Å². The zero-order valence-corrected chi connectivity index (χ0v) is 18.3. The molecule has 2 aromatic carbocycles. The van der Waals surface area contributed by atoms with Gasteiger partial charge in [-0.2, -0.15) is 13.2 Å². The number of benzene rings is 2. The Morgan fingerprint density at radius 1 is 1.15 bits per heavy atom. The smallest absolute Gasteiger partial charge is 0.471 e. The SMILES string of the molecule is COC(=O)c1c(O)ccc([C@H]2C[C@@H](NC(=O)C(F)(F)F)[C@H](OCc3ccccc3)C(C)O2)c1O. The van der Waals surface area contributed by atoms with Crippen molar-refractivity contribution >= 4 is 11.9 Å². The van der Waals surface area contributed by atoms with E-state index in [2.05, 4.69) is 4.74 Å². The summed E-state index contributed by atoms with van der Waals surface area (Å²) in [5.41, 5.74) is 0.309. The lowest BCUT2D eigenvalue weighted by Gasteiger charge is -2.41. The summed E-state index contributed by atoms with van der Waals surface area (Å²) in [5.74, 6) is -4.31. The highest BCUT2D eigenvalue weighted by Gasteiger charge is 2.45. The third-order valence-electron chi connectivity index (χ3n) is 5.49. The summed E-state index contributed by atoms with van der Waals surface area (Å²) >= 11 is 0. The molecule has 1 heterocycles. The summed E-state index contributed by atoms with van der Waals surface area (Å²) in [5, 5.41) is 22.5. The van der Waals surface area contributed by atoms with E-state index < -0.39 is 59.5 Å². The van der Waals surface area contributed by atoms with Gasteiger partial charge in [0, 0.05) is 12.0 Å². The van der Waals surface area contributed by atoms with Crippen LogP contribution in [0, 0.1) is 0 Å². The topological polar surface area (TPSA) is 114 Å². The first-order chi connectivity index (χ1) is 16.0. The Hall–Kier alpha value is -3.31. The van der Waals surface area contributed by atoms with E-state index in [9.17, 15) is 33.0 Å². The molecule has 1 aliphatic rings. The number of aromatic hydroxyl groups is 2. The summed E-state index contributed by atoms with van der Waals surface area (Å²) in [7, 11) is 1.06. The first-order valence-corrected chi connectivity index (χ1v) is 10.3. The molecule has 2 aromatic rings. The number of phenols is 2. The van der Waals surface area contributed by atoms with E-state index in [1.165, 1.54) is 6.07 Å². The molecule has 1 amide bonds. The molecular formula is C23H24F3NO7. The predicted molar refractivity (Wildman–Crippen MR) is 112 cm³/mol. The van der Waals surface area contributed by atoms with Crippen LogP contribution >= 0.6 is 0 Å². The Morgan fingerprint density at radius 2 is 1.82 bits per heavy atom. The number of phenolic OH excluding ortho intramolecular Hbond substituents is 2. The molecule has 8 nitrogen and oxygen atoms in total. The molecule has 3 N–H and O–H groups in total. The van der Waals surface area contributed by atoms with E-state index in [4.69, 9.17) is 9.47 Å². The van der Waals surface area contributed by atoms with Crippen LogP contribution in [0.5, 0.6) is 11.5 Å². The van der Waals surface area contributed by atoms with Crippen molar-refractivity contribution in [2.24, 2.45) is 0 Å². The molecule has 0 saturated carbocycles. The number of nitrogens with one attached hydrogen (secondary N) is 1. The molecule has 4 atom stereocenters. The van der Waals surface area contributed by atoms with E-state index in [1.807, 2.05) is 5.32 Å². The van der Waals surface area contributed by atoms with Crippen molar-refractivity contribution in [2.45, 2.75) is 50.5 Å². The van der Waals surface area contributed by atoms with Crippen LogP contribution in [-0.2, 0) is 25.6 Å². The van der Waals surface area contributed by atoms with Gasteiger partial charge in [0.1, 0.15) is 23.2 Å². The maximum absolute atomic E-state index is 13.0. The monoisotopic (exact) mass is 483 g/mol. The lowest BCUT2D eigenvalue weighted by atomic mass is 9.90. The number of carbonyl (C=O) groups excluding carboxylic acids is 2. The zero-order chi connectivity index (χ0) is 25.0. The average molecular weight is 483 g/mol. The quantitative estimate of drug-likeness (QED) is 0.540. The lowest BCUT2D eigenvalue weighted by molar-refractivity contribution is -0.183. The fraction of sp³-hybridized carbons (Fsp3) is 0.391. The van der Waals surface area contributed by atoms with E-state index in [1.54, 1.807) is 37.3 Å². The molecule has 0 radical (unpaired) electrons. The molecule has 3 rings (SSSR count). The van der Waals surface area contributed by atoms with Gasteiger partial charge >= 0.3 is 18.1 Å². The highest BCUT2D eigenvalue weighted by Crippen LogP contribution is 2.41. The standard InChI is InChI=1S/C23H24F3NO7/c1-12-20(33-11-13-6-4-3-5-7-13)15(27-22(31)23(24,25)26)10-17(34-12)14-8-9-16(28)18(19(14)29)21(30)32-2/h3-9,12,15,17,20,28-29H,10-11H2,1-2H3,(H,27,31)/t12?,15-,17-,20-/m1/s1. The first kappa shape index (κ1) is 25.3. The van der Waals surface area contributed by atoms with Crippen LogP contribution in [0.1, 0.15) is 40.9 Å². The van der Waals surface area contributed by atoms with E-state index in [0.29, 0.717) is 0 Å². The first-order valence-electron chi connectivity index (χ1n) is 10.3. The highest BCUT2D eigenvalue weighted by atomic mass is 19.4. The van der Waals surface area contributed by atoms with Gasteiger partial charge in [-0.1, -0.05) is 30.3 Å². The molecule has 184 valence electrons. The van der Waals surface area contributed by atoms with Crippen molar-refractivity contribution in [2.75, 3.05) is 7.11 Å².